The fourth-order valence-electron chi connectivity index (χ4n) is 2.38. The molecule has 24 heavy (non-hydrogen) atoms. The predicted octanol–water partition coefficient (Wildman–Crippen LogP) is 2.85. The first-order chi connectivity index (χ1) is 11.5. The number of halogens is 2. The smallest absolute Gasteiger partial charge is 0.193 e. The fraction of sp³-hybridized carbons (Fsp3) is 0.412. The molecule has 1 aromatic heterocycles. The molecule has 130 valence electrons. The third-order valence-electron chi connectivity index (χ3n) is 3.53. The molecule has 0 spiro atoms. The number of guanidine groups is 1. The maximum atomic E-state index is 13.1. The molecule has 1 aromatic carbocycles. The van der Waals surface area contributed by atoms with Crippen LogP contribution in [0.4, 0.5) is 4.39 Å². The van der Waals surface area contributed by atoms with Crippen LogP contribution < -0.4 is 5.32 Å². The molecule has 0 aliphatic carbocycles. The van der Waals surface area contributed by atoms with Crippen molar-refractivity contribution in [2.45, 2.75) is 19.9 Å². The number of aryl methyl sites for hydroxylation is 1. The molecule has 7 heteroatoms. The van der Waals surface area contributed by atoms with Crippen LogP contribution in [0.5, 0.6) is 0 Å². The monoisotopic (exact) mass is 351 g/mol. The lowest BCUT2D eigenvalue weighted by atomic mass is 10.1. The number of nitrogens with one attached hydrogen (secondary N) is 1. The van der Waals surface area contributed by atoms with Gasteiger partial charge in [0.15, 0.2) is 5.96 Å². The van der Waals surface area contributed by atoms with Gasteiger partial charge in [-0.15, -0.1) is 0 Å². The van der Waals surface area contributed by atoms with Gasteiger partial charge in [0.25, 0.3) is 0 Å². The maximum absolute atomic E-state index is 13.1. The molecule has 0 unspecified atom stereocenters. The second-order valence-electron chi connectivity index (χ2n) is 5.60. The van der Waals surface area contributed by atoms with Gasteiger partial charge in [0, 0.05) is 50.5 Å². The van der Waals surface area contributed by atoms with E-state index in [2.05, 4.69) is 15.4 Å². The third-order valence-corrected chi connectivity index (χ3v) is 3.88. The van der Waals surface area contributed by atoms with Crippen LogP contribution in [0, 0.1) is 5.82 Å². The minimum Gasteiger partial charge on any atom is -0.357 e. The van der Waals surface area contributed by atoms with Crippen molar-refractivity contribution in [3.63, 3.8) is 0 Å². The van der Waals surface area contributed by atoms with Crippen LogP contribution in [-0.2, 0) is 20.0 Å². The van der Waals surface area contributed by atoms with Gasteiger partial charge in [0.05, 0.1) is 6.20 Å². The van der Waals surface area contributed by atoms with Gasteiger partial charge in [0.1, 0.15) is 5.82 Å². The van der Waals surface area contributed by atoms with Crippen molar-refractivity contribution in [1.82, 2.24) is 20.0 Å². The van der Waals surface area contributed by atoms with Gasteiger partial charge in [0.2, 0.25) is 0 Å². The van der Waals surface area contributed by atoms with E-state index in [1.807, 2.05) is 38.3 Å². The Kier molecular flexibility index (Phi) is 6.61. The van der Waals surface area contributed by atoms with Crippen molar-refractivity contribution >= 4 is 17.6 Å². The zero-order valence-corrected chi connectivity index (χ0v) is 15.0. The SMILES string of the molecule is CCNC(=NCCc1ccc(F)cc1Cl)N(C)Cc1cnn(C)c1. The standard InChI is InChI=1S/C17H23ClFN5/c1-4-20-17(23(2)11-13-10-22-24(3)12-13)21-8-7-14-5-6-15(19)9-16(14)18/h5-6,9-10,12H,4,7-8,11H2,1-3H3,(H,20,21). The highest BCUT2D eigenvalue weighted by Crippen LogP contribution is 2.17. The molecule has 0 atom stereocenters. The highest BCUT2D eigenvalue weighted by atomic mass is 35.5. The van der Waals surface area contributed by atoms with Crippen molar-refractivity contribution < 1.29 is 4.39 Å². The number of aliphatic imine (C=N–C) groups is 1. The molecule has 0 radical (unpaired) electrons. The zero-order chi connectivity index (χ0) is 17.5. The molecule has 5 nitrogen and oxygen atoms in total. The summed E-state index contributed by atoms with van der Waals surface area (Å²) < 4.78 is 14.9. The van der Waals surface area contributed by atoms with Crippen LogP contribution in [0.25, 0.3) is 0 Å². The Labute approximate surface area is 147 Å². The molecular formula is C17H23ClFN5. The summed E-state index contributed by atoms with van der Waals surface area (Å²) in [5.41, 5.74) is 2.01. The number of benzene rings is 1. The zero-order valence-electron chi connectivity index (χ0n) is 14.3. The van der Waals surface area contributed by atoms with Gasteiger partial charge in [-0.2, -0.15) is 5.10 Å². The highest BCUT2D eigenvalue weighted by Gasteiger charge is 2.08. The van der Waals surface area contributed by atoms with E-state index in [4.69, 9.17) is 11.6 Å². The Morgan fingerprint density at radius 1 is 1.46 bits per heavy atom. The molecular weight excluding hydrogens is 329 g/mol. The molecule has 0 saturated carbocycles. The number of rotatable bonds is 6. The van der Waals surface area contributed by atoms with Crippen molar-refractivity contribution in [2.24, 2.45) is 12.0 Å². The number of aromatic nitrogens is 2. The van der Waals surface area contributed by atoms with Crippen LogP contribution in [0.3, 0.4) is 0 Å². The van der Waals surface area contributed by atoms with Crippen LogP contribution in [0.2, 0.25) is 5.02 Å². The van der Waals surface area contributed by atoms with Crippen molar-refractivity contribution in [3.05, 3.63) is 52.6 Å². The first-order valence-electron chi connectivity index (χ1n) is 7.90. The highest BCUT2D eigenvalue weighted by molar-refractivity contribution is 6.31. The molecule has 2 aromatic rings. The summed E-state index contributed by atoms with van der Waals surface area (Å²) in [7, 11) is 3.88. The number of nitrogens with zero attached hydrogens (tertiary/aromatic N) is 4. The largest absolute Gasteiger partial charge is 0.357 e. The van der Waals surface area contributed by atoms with Crippen molar-refractivity contribution in [1.29, 1.82) is 0 Å². The molecule has 0 fully saturated rings. The van der Waals surface area contributed by atoms with E-state index >= 15 is 0 Å². The molecule has 1 N–H and O–H groups in total. The van der Waals surface area contributed by atoms with Gasteiger partial charge in [-0.05, 0) is 31.0 Å². The summed E-state index contributed by atoms with van der Waals surface area (Å²) in [6, 6.07) is 4.46. The summed E-state index contributed by atoms with van der Waals surface area (Å²) in [4.78, 5) is 6.68. The maximum Gasteiger partial charge on any atom is 0.193 e. The Morgan fingerprint density at radius 3 is 2.88 bits per heavy atom. The first kappa shape index (κ1) is 18.3. The molecule has 0 amide bonds. The van der Waals surface area contributed by atoms with Crippen LogP contribution in [-0.4, -0.2) is 40.8 Å². The van der Waals surface area contributed by atoms with Crippen LogP contribution >= 0.6 is 11.6 Å². The summed E-state index contributed by atoms with van der Waals surface area (Å²) in [5.74, 6) is 0.497. The van der Waals surface area contributed by atoms with E-state index in [-0.39, 0.29) is 5.82 Å². The first-order valence-corrected chi connectivity index (χ1v) is 8.28. The third kappa shape index (κ3) is 5.23. The van der Waals surface area contributed by atoms with Crippen LogP contribution in [0.1, 0.15) is 18.1 Å². The van der Waals surface area contributed by atoms with E-state index in [9.17, 15) is 4.39 Å². The second-order valence-corrected chi connectivity index (χ2v) is 6.01. The van der Waals surface area contributed by atoms with Crippen molar-refractivity contribution in [3.8, 4) is 0 Å². The topological polar surface area (TPSA) is 45.5 Å². The van der Waals surface area contributed by atoms with Gasteiger partial charge in [-0.25, -0.2) is 4.39 Å². The lowest BCUT2D eigenvalue weighted by Gasteiger charge is -2.21. The minimum atomic E-state index is -0.322. The van der Waals surface area contributed by atoms with E-state index < -0.39 is 0 Å². The van der Waals surface area contributed by atoms with E-state index in [1.165, 1.54) is 12.1 Å². The lowest BCUT2D eigenvalue weighted by Crippen LogP contribution is -2.38. The summed E-state index contributed by atoms with van der Waals surface area (Å²) in [6.07, 6.45) is 4.49. The van der Waals surface area contributed by atoms with E-state index in [1.54, 1.807) is 10.7 Å². The van der Waals surface area contributed by atoms with Gasteiger partial charge in [-0.3, -0.25) is 9.67 Å². The Balaban J connectivity index is 1.98. The Bertz CT molecular complexity index is 698. The average molecular weight is 352 g/mol. The summed E-state index contributed by atoms with van der Waals surface area (Å²) >= 11 is 6.05. The molecule has 2 rings (SSSR count). The quantitative estimate of drug-likeness (QED) is 0.643. The van der Waals surface area contributed by atoms with Gasteiger partial charge in [-0.1, -0.05) is 17.7 Å². The Hall–Kier alpha value is -2.08. The molecule has 0 aliphatic heterocycles. The lowest BCUT2D eigenvalue weighted by molar-refractivity contribution is 0.477. The molecule has 1 heterocycles. The van der Waals surface area contributed by atoms with Gasteiger partial charge >= 0.3 is 0 Å². The predicted molar refractivity (Wildman–Crippen MR) is 95.8 cm³/mol. The van der Waals surface area contributed by atoms with E-state index in [0.717, 1.165) is 30.2 Å². The minimum absolute atomic E-state index is 0.322. The number of hydrogen-bond acceptors (Lipinski definition) is 2. The molecule has 0 saturated heterocycles. The fourth-order valence-corrected chi connectivity index (χ4v) is 2.64. The second kappa shape index (κ2) is 8.68. The van der Waals surface area contributed by atoms with Gasteiger partial charge < -0.3 is 10.2 Å². The van der Waals surface area contributed by atoms with E-state index in [0.29, 0.717) is 18.0 Å². The average Bonchev–Trinajstić information content (AvgIpc) is 2.93. The summed E-state index contributed by atoms with van der Waals surface area (Å²) in [5, 5.41) is 7.90. The molecule has 0 bridgehead atoms. The normalized spacial score (nSPS) is 11.6. The van der Waals surface area contributed by atoms with Crippen LogP contribution in [0.15, 0.2) is 35.6 Å². The Morgan fingerprint density at radius 2 is 2.25 bits per heavy atom. The summed E-state index contributed by atoms with van der Waals surface area (Å²) in [6.45, 7) is 4.11. The molecule has 0 aliphatic rings. The number of hydrogen-bond donors (Lipinski definition) is 1. The van der Waals surface area contributed by atoms with Crippen molar-refractivity contribution in [2.75, 3.05) is 20.1 Å².